The van der Waals surface area contributed by atoms with Crippen LogP contribution in [0, 0.1) is 11.8 Å². The topological polar surface area (TPSA) is 104 Å². The van der Waals surface area contributed by atoms with E-state index < -0.39 is 0 Å². The molecule has 0 saturated carbocycles. The summed E-state index contributed by atoms with van der Waals surface area (Å²) in [5.74, 6) is 7.33. The van der Waals surface area contributed by atoms with Crippen molar-refractivity contribution in [1.82, 2.24) is 14.8 Å². The molecule has 35 heavy (non-hydrogen) atoms. The molecule has 2 aromatic carbocycles. The summed E-state index contributed by atoms with van der Waals surface area (Å²) < 4.78 is 13.0. The van der Waals surface area contributed by atoms with Crippen LogP contribution in [0.3, 0.4) is 0 Å². The van der Waals surface area contributed by atoms with E-state index in [0.717, 1.165) is 15.6 Å². The predicted molar refractivity (Wildman–Crippen MR) is 138 cm³/mol. The second-order valence-corrected chi connectivity index (χ2v) is 8.41. The van der Waals surface area contributed by atoms with Crippen LogP contribution in [0.5, 0.6) is 11.5 Å². The van der Waals surface area contributed by atoms with Crippen molar-refractivity contribution in [3.05, 3.63) is 82.2 Å². The first-order valence-corrected chi connectivity index (χ1v) is 11.3. The summed E-state index contributed by atoms with van der Waals surface area (Å²) in [6, 6.07) is 12.2. The predicted octanol–water partition coefficient (Wildman–Crippen LogP) is 4.50. The second kappa shape index (κ2) is 10.3. The molecule has 0 spiro atoms. The number of carbonyl (C=O) groups is 1. The highest BCUT2D eigenvalue weighted by molar-refractivity contribution is 9.10. The maximum absolute atomic E-state index is 12.9. The van der Waals surface area contributed by atoms with Gasteiger partial charge in [0.15, 0.2) is 0 Å². The monoisotopic (exact) mass is 531 g/mol. The largest absolute Gasteiger partial charge is 0.497 e. The highest BCUT2D eigenvalue weighted by Crippen LogP contribution is 2.27. The third kappa shape index (κ3) is 5.62. The lowest BCUT2D eigenvalue weighted by molar-refractivity contribution is 0.102. The zero-order valence-electron chi connectivity index (χ0n) is 19.3. The van der Waals surface area contributed by atoms with E-state index in [1.54, 1.807) is 67.7 Å². The summed E-state index contributed by atoms with van der Waals surface area (Å²) in [4.78, 5) is 17.2. The molecule has 0 fully saturated rings. The minimum Gasteiger partial charge on any atom is -0.497 e. The van der Waals surface area contributed by atoms with Crippen LogP contribution < -0.4 is 20.5 Å². The van der Waals surface area contributed by atoms with Gasteiger partial charge in [-0.15, -0.1) is 0 Å². The molecule has 2 heterocycles. The fourth-order valence-electron chi connectivity index (χ4n) is 3.28. The van der Waals surface area contributed by atoms with Crippen molar-refractivity contribution in [3.8, 4) is 34.5 Å². The zero-order valence-corrected chi connectivity index (χ0v) is 20.9. The number of hydrogen-bond acceptors (Lipinski definition) is 6. The molecule has 176 valence electrons. The standard InChI is InChI=1S/C26H22BrN5O3/c1-32-15-20(14-30-32)19-9-17(25(28)29-13-19)5-4-16-8-18(6-7-24(16)27)26(33)31-21-10-22(34-2)12-23(11-21)35-3/h6-15H,1-3H3,(H2,28,29)(H,31,33). The molecule has 4 aromatic rings. The number of halogens is 1. The molecule has 9 heteroatoms. The molecule has 3 N–H and O–H groups in total. The third-order valence-corrected chi connectivity index (χ3v) is 5.82. The van der Waals surface area contributed by atoms with E-state index >= 15 is 0 Å². The molecule has 1 amide bonds. The fourth-order valence-corrected chi connectivity index (χ4v) is 3.63. The number of rotatable bonds is 5. The summed E-state index contributed by atoms with van der Waals surface area (Å²) in [6.45, 7) is 0. The Morgan fingerprint density at radius 2 is 1.71 bits per heavy atom. The van der Waals surface area contributed by atoms with Crippen LogP contribution >= 0.6 is 15.9 Å². The van der Waals surface area contributed by atoms with Crippen molar-refractivity contribution in [3.63, 3.8) is 0 Å². The Kier molecular flexibility index (Phi) is 7.03. The maximum Gasteiger partial charge on any atom is 0.255 e. The Labute approximate surface area is 211 Å². The highest BCUT2D eigenvalue weighted by atomic mass is 79.9. The average molecular weight is 532 g/mol. The first-order chi connectivity index (χ1) is 16.9. The van der Waals surface area contributed by atoms with Gasteiger partial charge in [-0.25, -0.2) is 4.98 Å². The molecular formula is C26H22BrN5O3. The van der Waals surface area contributed by atoms with Gasteiger partial charge in [0.25, 0.3) is 5.91 Å². The van der Waals surface area contributed by atoms with Gasteiger partial charge in [0.1, 0.15) is 17.3 Å². The van der Waals surface area contributed by atoms with E-state index in [2.05, 4.69) is 43.2 Å². The number of amides is 1. The van der Waals surface area contributed by atoms with Crippen molar-refractivity contribution >= 4 is 33.3 Å². The van der Waals surface area contributed by atoms with Crippen molar-refractivity contribution in [2.45, 2.75) is 0 Å². The van der Waals surface area contributed by atoms with Crippen LogP contribution in [0.2, 0.25) is 0 Å². The Morgan fingerprint density at radius 3 is 2.37 bits per heavy atom. The Hall–Kier alpha value is -4.29. The number of pyridine rings is 1. The van der Waals surface area contributed by atoms with Crippen LogP contribution in [-0.2, 0) is 7.05 Å². The molecule has 0 aliphatic heterocycles. The number of nitrogens with zero attached hydrogens (tertiary/aromatic N) is 3. The van der Waals surface area contributed by atoms with E-state index in [4.69, 9.17) is 15.2 Å². The van der Waals surface area contributed by atoms with Gasteiger partial charge in [0, 0.05) is 70.1 Å². The Balaban J connectivity index is 1.60. The van der Waals surface area contributed by atoms with Gasteiger partial charge < -0.3 is 20.5 Å². The number of methoxy groups -OCH3 is 2. The number of hydrogen-bond donors (Lipinski definition) is 2. The lowest BCUT2D eigenvalue weighted by atomic mass is 10.1. The van der Waals surface area contributed by atoms with Gasteiger partial charge in [-0.1, -0.05) is 11.8 Å². The van der Waals surface area contributed by atoms with E-state index in [1.165, 1.54) is 0 Å². The number of ether oxygens (including phenoxy) is 2. The maximum atomic E-state index is 12.9. The Morgan fingerprint density at radius 1 is 1.00 bits per heavy atom. The van der Waals surface area contributed by atoms with E-state index in [9.17, 15) is 4.79 Å². The molecule has 0 bridgehead atoms. The molecule has 4 rings (SSSR count). The molecule has 8 nitrogen and oxygen atoms in total. The summed E-state index contributed by atoms with van der Waals surface area (Å²) >= 11 is 3.51. The first-order valence-electron chi connectivity index (χ1n) is 10.5. The summed E-state index contributed by atoms with van der Waals surface area (Å²) in [7, 11) is 4.95. The van der Waals surface area contributed by atoms with Crippen LogP contribution in [0.15, 0.2) is 65.5 Å². The lowest BCUT2D eigenvalue weighted by Gasteiger charge is -2.10. The molecule has 0 radical (unpaired) electrons. The van der Waals surface area contributed by atoms with E-state index in [0.29, 0.717) is 39.7 Å². The number of nitrogens with two attached hydrogens (primary N) is 1. The smallest absolute Gasteiger partial charge is 0.255 e. The number of benzene rings is 2. The van der Waals surface area contributed by atoms with Gasteiger partial charge in [0.05, 0.1) is 26.0 Å². The van der Waals surface area contributed by atoms with Crippen molar-refractivity contribution in [1.29, 1.82) is 0 Å². The highest BCUT2D eigenvalue weighted by Gasteiger charge is 2.11. The average Bonchev–Trinajstić information content (AvgIpc) is 3.30. The zero-order chi connectivity index (χ0) is 24.9. The van der Waals surface area contributed by atoms with Crippen LogP contribution in [0.1, 0.15) is 21.5 Å². The summed E-state index contributed by atoms with van der Waals surface area (Å²) in [5, 5.41) is 7.05. The lowest BCUT2D eigenvalue weighted by Crippen LogP contribution is -2.12. The minimum absolute atomic E-state index is 0.296. The van der Waals surface area contributed by atoms with Gasteiger partial charge in [-0.05, 0) is 40.2 Å². The van der Waals surface area contributed by atoms with E-state index in [-0.39, 0.29) is 5.91 Å². The van der Waals surface area contributed by atoms with Gasteiger partial charge in [-0.2, -0.15) is 5.10 Å². The van der Waals surface area contributed by atoms with E-state index in [1.807, 2.05) is 19.3 Å². The molecule has 2 aromatic heterocycles. The van der Waals surface area contributed by atoms with Crippen molar-refractivity contribution < 1.29 is 14.3 Å². The quantitative estimate of drug-likeness (QED) is 0.367. The number of carbonyl (C=O) groups excluding carboxylic acids is 1. The van der Waals surface area contributed by atoms with Crippen LogP contribution in [0.25, 0.3) is 11.1 Å². The second-order valence-electron chi connectivity index (χ2n) is 7.56. The fraction of sp³-hybridized carbons (Fsp3) is 0.115. The minimum atomic E-state index is -0.296. The summed E-state index contributed by atoms with van der Waals surface area (Å²) in [5.41, 5.74) is 10.0. The number of nitrogen functional groups attached to an aromatic ring is 1. The summed E-state index contributed by atoms with van der Waals surface area (Å²) in [6.07, 6.45) is 5.33. The van der Waals surface area contributed by atoms with Gasteiger partial charge in [0.2, 0.25) is 0 Å². The molecule has 0 aliphatic rings. The van der Waals surface area contributed by atoms with Crippen LogP contribution in [-0.4, -0.2) is 34.9 Å². The number of aryl methyl sites for hydroxylation is 1. The van der Waals surface area contributed by atoms with Gasteiger partial charge >= 0.3 is 0 Å². The normalized spacial score (nSPS) is 10.3. The molecule has 0 atom stereocenters. The van der Waals surface area contributed by atoms with Crippen molar-refractivity contribution in [2.24, 2.45) is 7.05 Å². The number of nitrogens with one attached hydrogen (secondary N) is 1. The number of aromatic nitrogens is 3. The molecule has 0 saturated heterocycles. The van der Waals surface area contributed by atoms with Crippen LogP contribution in [0.4, 0.5) is 11.5 Å². The Bertz CT molecular complexity index is 1450. The third-order valence-electron chi connectivity index (χ3n) is 5.13. The first kappa shape index (κ1) is 23.9. The molecule has 0 aliphatic carbocycles. The van der Waals surface area contributed by atoms with Gasteiger partial charge in [-0.3, -0.25) is 9.48 Å². The molecule has 0 unspecified atom stereocenters. The number of anilines is 2. The SMILES string of the molecule is COc1cc(NC(=O)c2ccc(Br)c(C#Cc3cc(-c4cnn(C)c4)cnc3N)c2)cc(OC)c1. The molecular weight excluding hydrogens is 510 g/mol. The van der Waals surface area contributed by atoms with Crippen molar-refractivity contribution in [2.75, 3.05) is 25.3 Å².